The van der Waals surface area contributed by atoms with E-state index >= 15 is 0 Å². The third-order valence-electron chi connectivity index (χ3n) is 2.99. The van der Waals surface area contributed by atoms with Gasteiger partial charge in [-0.05, 0) is 29.5 Å². The molecule has 118 valence electrons. The van der Waals surface area contributed by atoms with Gasteiger partial charge >= 0.3 is 6.18 Å². The largest absolute Gasteiger partial charge is 0.497 e. The molecule has 0 unspecified atom stereocenters. The number of tetrazole rings is 1. The first kappa shape index (κ1) is 14.9. The first-order valence-corrected chi connectivity index (χ1v) is 6.45. The Morgan fingerprint density at radius 2 is 1.96 bits per heavy atom. The minimum Gasteiger partial charge on any atom is -0.497 e. The van der Waals surface area contributed by atoms with Crippen molar-refractivity contribution in [2.45, 2.75) is 6.18 Å². The van der Waals surface area contributed by atoms with E-state index in [4.69, 9.17) is 4.74 Å². The van der Waals surface area contributed by atoms with Crippen molar-refractivity contribution in [1.82, 2.24) is 25.2 Å². The topological polar surface area (TPSA) is 65.7 Å². The van der Waals surface area contributed by atoms with Crippen molar-refractivity contribution in [3.05, 3.63) is 48.2 Å². The van der Waals surface area contributed by atoms with Gasteiger partial charge in [0.1, 0.15) is 11.4 Å². The number of aromatic nitrogens is 5. The van der Waals surface area contributed by atoms with Crippen LogP contribution < -0.4 is 4.74 Å². The lowest BCUT2D eigenvalue weighted by Gasteiger charge is -2.10. The fraction of sp³-hybridized carbons (Fsp3) is 0.143. The normalized spacial score (nSPS) is 11.5. The summed E-state index contributed by atoms with van der Waals surface area (Å²) in [7, 11) is 1.29. The predicted octanol–water partition coefficient (Wildman–Crippen LogP) is 2.75. The highest BCUT2D eigenvalue weighted by molar-refractivity contribution is 5.48. The second-order valence-corrected chi connectivity index (χ2v) is 4.53. The third-order valence-corrected chi connectivity index (χ3v) is 2.99. The van der Waals surface area contributed by atoms with E-state index in [1.54, 1.807) is 24.4 Å². The van der Waals surface area contributed by atoms with Crippen LogP contribution in [0.3, 0.4) is 0 Å². The van der Waals surface area contributed by atoms with Crippen LogP contribution in [0, 0.1) is 0 Å². The molecule has 6 nitrogen and oxygen atoms in total. The standard InChI is InChI=1S/C14H10F3N5O/c1-23-11-7-9(14(15,16)17)6-10(8-11)22-20-13(19-21-22)12-4-2-3-5-18-12/h2-8H,1H3. The smallest absolute Gasteiger partial charge is 0.416 e. The maximum atomic E-state index is 12.9. The van der Waals surface area contributed by atoms with E-state index in [9.17, 15) is 13.2 Å². The molecule has 2 heterocycles. The number of halogens is 3. The highest BCUT2D eigenvalue weighted by Gasteiger charge is 2.32. The number of alkyl halides is 3. The van der Waals surface area contributed by atoms with Crippen LogP contribution in [-0.4, -0.2) is 32.3 Å². The van der Waals surface area contributed by atoms with Crippen molar-refractivity contribution < 1.29 is 17.9 Å². The molecule has 2 aromatic heterocycles. The van der Waals surface area contributed by atoms with Crippen LogP contribution >= 0.6 is 0 Å². The first-order chi connectivity index (χ1) is 11.0. The highest BCUT2D eigenvalue weighted by Crippen LogP contribution is 2.33. The van der Waals surface area contributed by atoms with E-state index in [2.05, 4.69) is 20.4 Å². The van der Waals surface area contributed by atoms with Crippen molar-refractivity contribution in [2.24, 2.45) is 0 Å². The van der Waals surface area contributed by atoms with E-state index < -0.39 is 11.7 Å². The molecule has 0 saturated carbocycles. The average Bonchev–Trinajstić information content (AvgIpc) is 3.04. The van der Waals surface area contributed by atoms with Crippen LogP contribution in [0.4, 0.5) is 13.2 Å². The predicted molar refractivity (Wildman–Crippen MR) is 73.9 cm³/mol. The van der Waals surface area contributed by atoms with E-state index in [-0.39, 0.29) is 17.3 Å². The lowest BCUT2D eigenvalue weighted by Crippen LogP contribution is -2.08. The van der Waals surface area contributed by atoms with Gasteiger partial charge in [0, 0.05) is 12.3 Å². The maximum Gasteiger partial charge on any atom is 0.416 e. The fourth-order valence-corrected chi connectivity index (χ4v) is 1.90. The number of rotatable bonds is 3. The van der Waals surface area contributed by atoms with Gasteiger partial charge in [0.15, 0.2) is 0 Å². The molecule has 0 amide bonds. The first-order valence-electron chi connectivity index (χ1n) is 6.45. The summed E-state index contributed by atoms with van der Waals surface area (Å²) in [5.41, 5.74) is -0.299. The Hall–Kier alpha value is -2.97. The molecule has 0 N–H and O–H groups in total. The summed E-state index contributed by atoms with van der Waals surface area (Å²) in [5, 5.41) is 11.6. The number of pyridine rings is 1. The number of nitrogens with zero attached hydrogens (tertiary/aromatic N) is 5. The van der Waals surface area contributed by atoms with Gasteiger partial charge in [-0.3, -0.25) is 4.98 Å². The number of hydrogen-bond acceptors (Lipinski definition) is 5. The van der Waals surface area contributed by atoms with Crippen LogP contribution in [0.5, 0.6) is 5.75 Å². The van der Waals surface area contributed by atoms with Crippen molar-refractivity contribution >= 4 is 0 Å². The zero-order valence-electron chi connectivity index (χ0n) is 11.8. The second kappa shape index (κ2) is 5.67. The number of benzene rings is 1. The summed E-state index contributed by atoms with van der Waals surface area (Å²) < 4.78 is 43.7. The summed E-state index contributed by atoms with van der Waals surface area (Å²) in [6.45, 7) is 0. The molecular weight excluding hydrogens is 311 g/mol. The zero-order chi connectivity index (χ0) is 16.4. The summed E-state index contributed by atoms with van der Waals surface area (Å²) in [4.78, 5) is 5.07. The Labute approximate surface area is 128 Å². The molecule has 1 aromatic carbocycles. The molecule has 0 bridgehead atoms. The molecule has 0 radical (unpaired) electrons. The van der Waals surface area contributed by atoms with Crippen molar-refractivity contribution in [3.8, 4) is 23.0 Å². The van der Waals surface area contributed by atoms with Crippen molar-refractivity contribution in [3.63, 3.8) is 0 Å². The van der Waals surface area contributed by atoms with Gasteiger partial charge in [-0.15, -0.1) is 15.0 Å². The van der Waals surface area contributed by atoms with E-state index in [1.165, 1.54) is 13.2 Å². The summed E-state index contributed by atoms with van der Waals surface area (Å²) >= 11 is 0. The summed E-state index contributed by atoms with van der Waals surface area (Å²) in [6.07, 6.45) is -2.95. The molecular formula is C14H10F3N5O. The average molecular weight is 321 g/mol. The second-order valence-electron chi connectivity index (χ2n) is 4.53. The Balaban J connectivity index is 2.04. The van der Waals surface area contributed by atoms with Gasteiger partial charge in [0.25, 0.3) is 0 Å². The van der Waals surface area contributed by atoms with Crippen LogP contribution in [-0.2, 0) is 6.18 Å². The molecule has 0 spiro atoms. The zero-order valence-corrected chi connectivity index (χ0v) is 11.8. The van der Waals surface area contributed by atoms with Crippen LogP contribution in [0.1, 0.15) is 5.56 Å². The van der Waals surface area contributed by atoms with Gasteiger partial charge in [-0.1, -0.05) is 6.07 Å². The molecule has 3 aromatic rings. The minimum atomic E-state index is -4.51. The molecule has 0 fully saturated rings. The van der Waals surface area contributed by atoms with Crippen LogP contribution in [0.15, 0.2) is 42.6 Å². The van der Waals surface area contributed by atoms with Crippen molar-refractivity contribution in [1.29, 1.82) is 0 Å². The van der Waals surface area contributed by atoms with Gasteiger partial charge in [-0.25, -0.2) is 0 Å². The Kier molecular flexibility index (Phi) is 3.68. The molecule has 9 heteroatoms. The third kappa shape index (κ3) is 3.12. The SMILES string of the molecule is COc1cc(-n2nnc(-c3ccccn3)n2)cc(C(F)(F)F)c1. The molecule has 3 rings (SSSR count). The highest BCUT2D eigenvalue weighted by atomic mass is 19.4. The minimum absolute atomic E-state index is 0.0477. The quantitative estimate of drug-likeness (QED) is 0.742. The van der Waals surface area contributed by atoms with Crippen LogP contribution in [0.2, 0.25) is 0 Å². The molecule has 0 aliphatic rings. The summed E-state index contributed by atoms with van der Waals surface area (Å²) in [5.74, 6) is 0.258. The molecule has 0 aliphatic heterocycles. The number of hydrogen-bond donors (Lipinski definition) is 0. The fourth-order valence-electron chi connectivity index (χ4n) is 1.90. The van der Waals surface area contributed by atoms with Gasteiger partial charge in [0.2, 0.25) is 5.82 Å². The van der Waals surface area contributed by atoms with Crippen LogP contribution in [0.25, 0.3) is 17.2 Å². The Morgan fingerprint density at radius 1 is 1.13 bits per heavy atom. The number of methoxy groups -OCH3 is 1. The van der Waals surface area contributed by atoms with Gasteiger partial charge in [-0.2, -0.15) is 13.2 Å². The summed E-state index contributed by atoms with van der Waals surface area (Å²) in [6, 6.07) is 8.36. The monoisotopic (exact) mass is 321 g/mol. The molecule has 0 aliphatic carbocycles. The lowest BCUT2D eigenvalue weighted by molar-refractivity contribution is -0.137. The molecule has 23 heavy (non-hydrogen) atoms. The van der Waals surface area contributed by atoms with Gasteiger partial charge < -0.3 is 4.74 Å². The van der Waals surface area contributed by atoms with E-state index in [0.717, 1.165) is 16.9 Å². The van der Waals surface area contributed by atoms with Crippen molar-refractivity contribution in [2.75, 3.05) is 7.11 Å². The maximum absolute atomic E-state index is 12.9. The van der Waals surface area contributed by atoms with Gasteiger partial charge in [0.05, 0.1) is 18.4 Å². The molecule has 0 saturated heterocycles. The van der Waals surface area contributed by atoms with E-state index in [0.29, 0.717) is 5.69 Å². The molecule has 0 atom stereocenters. The Morgan fingerprint density at radius 3 is 2.61 bits per heavy atom. The Bertz CT molecular complexity index is 817. The van der Waals surface area contributed by atoms with E-state index in [1.807, 2.05) is 0 Å². The number of ether oxygens (including phenoxy) is 1. The lowest BCUT2D eigenvalue weighted by atomic mass is 10.2.